The summed E-state index contributed by atoms with van der Waals surface area (Å²) in [7, 11) is 0. The zero-order valence-corrected chi connectivity index (χ0v) is 15.9. The first-order valence-corrected chi connectivity index (χ1v) is 9.03. The van der Waals surface area contributed by atoms with Gasteiger partial charge >= 0.3 is 5.97 Å². The van der Waals surface area contributed by atoms with E-state index in [0.29, 0.717) is 35.1 Å². The summed E-state index contributed by atoms with van der Waals surface area (Å²) in [6.07, 6.45) is 0. The zero-order valence-electron chi connectivity index (χ0n) is 15.9. The van der Waals surface area contributed by atoms with Crippen LogP contribution in [0.4, 0.5) is 0 Å². The number of aryl methyl sites for hydroxylation is 1. The first kappa shape index (κ1) is 18.4. The van der Waals surface area contributed by atoms with Gasteiger partial charge in [0.2, 0.25) is 11.8 Å². The first-order chi connectivity index (χ1) is 14.0. The van der Waals surface area contributed by atoms with Gasteiger partial charge in [-0.25, -0.2) is 4.79 Å². The lowest BCUT2D eigenvalue weighted by Crippen LogP contribution is -2.20. The van der Waals surface area contributed by atoms with E-state index in [0.717, 1.165) is 11.3 Å². The Balaban J connectivity index is 1.70. The summed E-state index contributed by atoms with van der Waals surface area (Å²) < 4.78 is 16.5. The number of fused-ring (bicyclic) bond motifs is 1. The topological polar surface area (TPSA) is 127 Å². The van der Waals surface area contributed by atoms with Crippen molar-refractivity contribution < 1.29 is 18.7 Å². The number of hydrogen-bond donors (Lipinski definition) is 2. The Kier molecular flexibility index (Phi) is 4.56. The average Bonchev–Trinajstić information content (AvgIpc) is 3.35. The third-order valence-corrected chi connectivity index (χ3v) is 4.72. The summed E-state index contributed by atoms with van der Waals surface area (Å²) in [5, 5.41) is 16.6. The standard InChI is InChI=1S/C21H18N4O4/c1-3-27-21(26)13-6-4-12(5-7-13)15-8-9-16(28-15)18-14(10-22)19(23)29-20-17(18)11(2)24-25-20/h4-9,18H,3,23H2,1-2H3,(H,24,25). The van der Waals surface area contributed by atoms with Crippen LogP contribution in [-0.4, -0.2) is 22.8 Å². The smallest absolute Gasteiger partial charge is 0.338 e. The summed E-state index contributed by atoms with van der Waals surface area (Å²) in [5.74, 6) is 0.594. The molecule has 0 saturated heterocycles. The Hall–Kier alpha value is -3.99. The predicted molar refractivity (Wildman–Crippen MR) is 103 cm³/mol. The van der Waals surface area contributed by atoms with Gasteiger partial charge in [-0.15, -0.1) is 5.10 Å². The molecule has 3 heterocycles. The third-order valence-electron chi connectivity index (χ3n) is 4.72. The lowest BCUT2D eigenvalue weighted by molar-refractivity contribution is 0.0526. The minimum Gasteiger partial charge on any atom is -0.462 e. The van der Waals surface area contributed by atoms with E-state index in [2.05, 4.69) is 16.3 Å². The van der Waals surface area contributed by atoms with Crippen LogP contribution >= 0.6 is 0 Å². The number of esters is 1. The van der Waals surface area contributed by atoms with Crippen molar-refractivity contribution in [1.82, 2.24) is 10.2 Å². The van der Waals surface area contributed by atoms with Gasteiger partial charge in [-0.2, -0.15) is 5.26 Å². The number of aromatic nitrogens is 2. The van der Waals surface area contributed by atoms with Gasteiger partial charge in [0, 0.05) is 11.3 Å². The maximum Gasteiger partial charge on any atom is 0.338 e. The molecule has 3 aromatic rings. The highest BCUT2D eigenvalue weighted by Crippen LogP contribution is 2.43. The molecule has 1 atom stereocenters. The molecule has 4 rings (SSSR count). The normalized spacial score (nSPS) is 15.4. The molecule has 8 nitrogen and oxygen atoms in total. The molecule has 146 valence electrons. The Morgan fingerprint density at radius 2 is 2.07 bits per heavy atom. The number of ether oxygens (including phenoxy) is 2. The molecule has 1 aliphatic rings. The molecule has 0 bridgehead atoms. The van der Waals surface area contributed by atoms with Crippen LogP contribution in [0.15, 0.2) is 52.3 Å². The Morgan fingerprint density at radius 3 is 2.76 bits per heavy atom. The van der Waals surface area contributed by atoms with Crippen LogP contribution in [0.3, 0.4) is 0 Å². The molecule has 0 saturated carbocycles. The minimum absolute atomic E-state index is 0.00763. The summed E-state index contributed by atoms with van der Waals surface area (Å²) >= 11 is 0. The van der Waals surface area contributed by atoms with E-state index in [1.807, 2.05) is 13.0 Å². The number of nitriles is 1. The van der Waals surface area contributed by atoms with E-state index < -0.39 is 5.92 Å². The minimum atomic E-state index is -0.518. The molecule has 0 fully saturated rings. The van der Waals surface area contributed by atoms with Crippen molar-refractivity contribution in [1.29, 1.82) is 5.26 Å². The second-order valence-corrected chi connectivity index (χ2v) is 6.49. The average molecular weight is 390 g/mol. The van der Waals surface area contributed by atoms with Crippen LogP contribution in [0.1, 0.15) is 40.2 Å². The number of furan rings is 1. The zero-order chi connectivity index (χ0) is 20.5. The highest BCUT2D eigenvalue weighted by Gasteiger charge is 2.36. The van der Waals surface area contributed by atoms with Crippen molar-refractivity contribution in [2.45, 2.75) is 19.8 Å². The second kappa shape index (κ2) is 7.20. The number of nitrogens with two attached hydrogens (primary N) is 1. The maximum absolute atomic E-state index is 11.8. The van der Waals surface area contributed by atoms with Crippen molar-refractivity contribution in [2.75, 3.05) is 6.61 Å². The molecule has 2 aromatic heterocycles. The summed E-state index contributed by atoms with van der Waals surface area (Å²) in [6.45, 7) is 3.92. The van der Waals surface area contributed by atoms with Crippen molar-refractivity contribution >= 4 is 5.97 Å². The van der Waals surface area contributed by atoms with Gasteiger partial charge in [-0.3, -0.25) is 5.10 Å². The van der Waals surface area contributed by atoms with E-state index in [1.54, 1.807) is 37.3 Å². The molecule has 1 aromatic carbocycles. The van der Waals surface area contributed by atoms with E-state index in [4.69, 9.17) is 19.6 Å². The lowest BCUT2D eigenvalue weighted by Gasteiger charge is -2.21. The lowest BCUT2D eigenvalue weighted by atomic mass is 9.88. The van der Waals surface area contributed by atoms with Gasteiger partial charge in [0.15, 0.2) is 0 Å². The van der Waals surface area contributed by atoms with Crippen LogP contribution in [0, 0.1) is 18.3 Å². The first-order valence-electron chi connectivity index (χ1n) is 9.03. The van der Waals surface area contributed by atoms with Crippen molar-refractivity contribution in [3.63, 3.8) is 0 Å². The number of carbonyl (C=O) groups excluding carboxylic acids is 1. The predicted octanol–water partition coefficient (Wildman–Crippen LogP) is 3.37. The van der Waals surface area contributed by atoms with E-state index in [1.165, 1.54) is 0 Å². The number of hydrogen-bond acceptors (Lipinski definition) is 7. The fraction of sp³-hybridized carbons (Fsp3) is 0.190. The third kappa shape index (κ3) is 3.12. The quantitative estimate of drug-likeness (QED) is 0.654. The number of nitrogens with zero attached hydrogens (tertiary/aromatic N) is 2. The number of H-pyrrole nitrogens is 1. The van der Waals surface area contributed by atoms with Crippen LogP contribution in [0.2, 0.25) is 0 Å². The number of benzene rings is 1. The molecular formula is C21H18N4O4. The second-order valence-electron chi connectivity index (χ2n) is 6.49. The number of carbonyl (C=O) groups is 1. The van der Waals surface area contributed by atoms with Crippen LogP contribution in [0.25, 0.3) is 11.3 Å². The monoisotopic (exact) mass is 390 g/mol. The van der Waals surface area contributed by atoms with Gasteiger partial charge < -0.3 is 19.6 Å². The molecule has 0 radical (unpaired) electrons. The number of nitrogens with one attached hydrogen (secondary N) is 1. The maximum atomic E-state index is 11.8. The fourth-order valence-corrected chi connectivity index (χ4v) is 3.33. The fourth-order valence-electron chi connectivity index (χ4n) is 3.33. The number of aromatic amines is 1. The molecule has 29 heavy (non-hydrogen) atoms. The summed E-state index contributed by atoms with van der Waals surface area (Å²) in [6, 6.07) is 12.6. The SMILES string of the molecule is CCOC(=O)c1ccc(-c2ccc(C3C(C#N)=C(N)Oc4n[nH]c(C)c43)o2)cc1. The van der Waals surface area contributed by atoms with Crippen molar-refractivity contribution in [3.05, 3.63) is 70.4 Å². The summed E-state index contributed by atoms with van der Waals surface area (Å²) in [5.41, 5.74) is 8.93. The molecule has 0 amide bonds. The molecule has 1 aliphatic heterocycles. The van der Waals surface area contributed by atoms with Crippen molar-refractivity contribution in [3.8, 4) is 23.3 Å². The molecule has 0 spiro atoms. The molecule has 1 unspecified atom stereocenters. The largest absolute Gasteiger partial charge is 0.462 e. The van der Waals surface area contributed by atoms with Crippen LogP contribution < -0.4 is 10.5 Å². The molecular weight excluding hydrogens is 372 g/mol. The van der Waals surface area contributed by atoms with Gasteiger partial charge in [0.25, 0.3) is 0 Å². The van der Waals surface area contributed by atoms with E-state index in [9.17, 15) is 10.1 Å². The highest BCUT2D eigenvalue weighted by molar-refractivity contribution is 5.89. The Morgan fingerprint density at radius 1 is 1.31 bits per heavy atom. The van der Waals surface area contributed by atoms with Crippen molar-refractivity contribution in [2.24, 2.45) is 5.73 Å². The van der Waals surface area contributed by atoms with E-state index >= 15 is 0 Å². The molecule has 0 aliphatic carbocycles. The summed E-state index contributed by atoms with van der Waals surface area (Å²) in [4.78, 5) is 11.8. The van der Waals surface area contributed by atoms with Crippen LogP contribution in [-0.2, 0) is 4.74 Å². The molecule has 8 heteroatoms. The number of allylic oxidation sites excluding steroid dienone is 1. The van der Waals surface area contributed by atoms with Gasteiger partial charge in [-0.05, 0) is 38.1 Å². The van der Waals surface area contributed by atoms with Gasteiger partial charge in [-0.1, -0.05) is 12.1 Å². The Labute approximate surface area is 166 Å². The van der Waals surface area contributed by atoms with Crippen LogP contribution in [0.5, 0.6) is 5.88 Å². The highest BCUT2D eigenvalue weighted by atomic mass is 16.5. The Bertz CT molecular complexity index is 1150. The molecule has 3 N–H and O–H groups in total. The van der Waals surface area contributed by atoms with Gasteiger partial charge in [0.05, 0.1) is 23.7 Å². The number of rotatable bonds is 4. The van der Waals surface area contributed by atoms with E-state index in [-0.39, 0.29) is 17.4 Å². The van der Waals surface area contributed by atoms with Gasteiger partial charge in [0.1, 0.15) is 23.2 Å².